The number of hydrogen-bond acceptors (Lipinski definition) is 7. The van der Waals surface area contributed by atoms with Gasteiger partial charge >= 0.3 is 0 Å². The summed E-state index contributed by atoms with van der Waals surface area (Å²) in [5.41, 5.74) is 0. The smallest absolute Gasteiger partial charge is 0.227 e. The van der Waals surface area contributed by atoms with Crippen molar-refractivity contribution in [1.29, 1.82) is 0 Å². The number of hydrogen-bond donors (Lipinski definition) is 0. The molecule has 0 atom stereocenters. The molecule has 0 N–H and O–H groups in total. The average Bonchev–Trinajstić information content (AvgIpc) is 2.75. The van der Waals surface area contributed by atoms with E-state index in [2.05, 4.69) is 36.7 Å². The van der Waals surface area contributed by atoms with Gasteiger partial charge in [0.05, 0.1) is 12.4 Å². The monoisotopic (exact) mass is 371 g/mol. The molecule has 2 fully saturated rings. The van der Waals surface area contributed by atoms with E-state index in [1.54, 1.807) is 0 Å². The molecule has 8 heteroatoms. The van der Waals surface area contributed by atoms with Gasteiger partial charge in [-0.1, -0.05) is 19.3 Å². The average molecular weight is 371 g/mol. The lowest BCUT2D eigenvalue weighted by Crippen LogP contribution is -2.47. The number of piperazine rings is 1. The predicted octanol–water partition coefficient (Wildman–Crippen LogP) is 2.50. The summed E-state index contributed by atoms with van der Waals surface area (Å²) in [6, 6.07) is 2.52. The summed E-state index contributed by atoms with van der Waals surface area (Å²) in [5.74, 6) is 1.94. The molecule has 0 amide bonds. The third kappa shape index (κ3) is 4.09. The zero-order chi connectivity index (χ0) is 18.6. The molecule has 1 aliphatic carbocycles. The van der Waals surface area contributed by atoms with Gasteiger partial charge in [-0.15, -0.1) is 0 Å². The molecule has 0 bridgehead atoms. The summed E-state index contributed by atoms with van der Waals surface area (Å²) >= 11 is 0. The molecule has 1 saturated carbocycles. The third-order valence-corrected chi connectivity index (χ3v) is 5.56. The third-order valence-electron chi connectivity index (χ3n) is 5.56. The van der Waals surface area contributed by atoms with Crippen LogP contribution in [0.25, 0.3) is 0 Å². The summed E-state index contributed by atoms with van der Waals surface area (Å²) < 4.78 is 13.0. The van der Waals surface area contributed by atoms with Crippen molar-refractivity contribution in [3.8, 4) is 0 Å². The highest BCUT2D eigenvalue weighted by molar-refractivity contribution is 5.46. The Morgan fingerprint density at radius 1 is 0.963 bits per heavy atom. The van der Waals surface area contributed by atoms with Crippen molar-refractivity contribution in [3.63, 3.8) is 0 Å². The SMILES string of the molecule is CN(c1nccc(N2CCN(c3ncc(F)cn3)CC2)n1)C1CCCCC1. The lowest BCUT2D eigenvalue weighted by Gasteiger charge is -2.36. The summed E-state index contributed by atoms with van der Waals surface area (Å²) in [6.45, 7) is 3.21. The van der Waals surface area contributed by atoms with Crippen molar-refractivity contribution >= 4 is 17.7 Å². The standard InChI is InChI=1S/C19H26FN7/c1-25(16-5-3-2-4-6-16)19-21-8-7-17(24-19)26-9-11-27(12-10-26)18-22-13-15(20)14-23-18/h7-8,13-14,16H,2-6,9-12H2,1H3. The van der Waals surface area contributed by atoms with Crippen LogP contribution < -0.4 is 14.7 Å². The van der Waals surface area contributed by atoms with Gasteiger partial charge in [0.2, 0.25) is 11.9 Å². The van der Waals surface area contributed by atoms with Gasteiger partial charge in [0.25, 0.3) is 0 Å². The molecule has 4 rings (SSSR count). The topological polar surface area (TPSA) is 61.3 Å². The van der Waals surface area contributed by atoms with Crippen molar-refractivity contribution in [2.24, 2.45) is 0 Å². The largest absolute Gasteiger partial charge is 0.353 e. The number of halogens is 1. The predicted molar refractivity (Wildman–Crippen MR) is 104 cm³/mol. The summed E-state index contributed by atoms with van der Waals surface area (Å²) in [6.07, 6.45) is 10.7. The van der Waals surface area contributed by atoms with Crippen LogP contribution in [0.3, 0.4) is 0 Å². The summed E-state index contributed by atoms with van der Waals surface area (Å²) in [4.78, 5) is 24.1. The zero-order valence-electron chi connectivity index (χ0n) is 15.8. The highest BCUT2D eigenvalue weighted by atomic mass is 19.1. The fourth-order valence-electron chi connectivity index (χ4n) is 3.92. The molecule has 0 radical (unpaired) electrons. The Kier molecular flexibility index (Phi) is 5.31. The van der Waals surface area contributed by atoms with Crippen molar-refractivity contribution in [2.45, 2.75) is 38.1 Å². The first kappa shape index (κ1) is 17.9. The van der Waals surface area contributed by atoms with E-state index in [0.717, 1.165) is 37.9 Å². The number of rotatable bonds is 4. The molecule has 144 valence electrons. The second kappa shape index (κ2) is 8.02. The minimum atomic E-state index is -0.409. The van der Waals surface area contributed by atoms with Crippen LogP contribution in [0.1, 0.15) is 32.1 Å². The first-order valence-corrected chi connectivity index (χ1v) is 9.74. The van der Waals surface area contributed by atoms with Crippen LogP contribution in [-0.4, -0.2) is 59.2 Å². The minimum Gasteiger partial charge on any atom is -0.353 e. The van der Waals surface area contributed by atoms with Crippen LogP contribution in [0.4, 0.5) is 22.1 Å². The molecule has 0 aromatic carbocycles. The first-order chi connectivity index (χ1) is 13.2. The van der Waals surface area contributed by atoms with Gasteiger partial charge in [-0.2, -0.15) is 4.98 Å². The van der Waals surface area contributed by atoms with E-state index in [-0.39, 0.29) is 0 Å². The maximum absolute atomic E-state index is 13.0. The Hall–Kier alpha value is -2.51. The lowest BCUT2D eigenvalue weighted by molar-refractivity contribution is 0.424. The van der Waals surface area contributed by atoms with Crippen molar-refractivity contribution in [3.05, 3.63) is 30.5 Å². The van der Waals surface area contributed by atoms with Gasteiger partial charge in [-0.05, 0) is 18.9 Å². The quantitative estimate of drug-likeness (QED) is 0.818. The molecular weight excluding hydrogens is 345 g/mol. The number of anilines is 3. The highest BCUT2D eigenvalue weighted by Crippen LogP contribution is 2.25. The van der Waals surface area contributed by atoms with Gasteiger partial charge in [-0.25, -0.2) is 19.3 Å². The van der Waals surface area contributed by atoms with E-state index in [1.807, 2.05) is 12.3 Å². The molecule has 1 aliphatic heterocycles. The van der Waals surface area contributed by atoms with E-state index in [4.69, 9.17) is 4.98 Å². The fraction of sp³-hybridized carbons (Fsp3) is 0.579. The van der Waals surface area contributed by atoms with Gasteiger partial charge < -0.3 is 14.7 Å². The molecule has 0 unspecified atom stereocenters. The van der Waals surface area contributed by atoms with E-state index in [1.165, 1.54) is 44.5 Å². The molecule has 0 spiro atoms. The van der Waals surface area contributed by atoms with Gasteiger partial charge in [-0.3, -0.25) is 0 Å². The lowest BCUT2D eigenvalue weighted by atomic mass is 9.95. The number of aromatic nitrogens is 4. The molecule has 2 aliphatic rings. The first-order valence-electron chi connectivity index (χ1n) is 9.74. The Morgan fingerprint density at radius 2 is 1.63 bits per heavy atom. The Bertz CT molecular complexity index is 740. The molecule has 1 saturated heterocycles. The molecule has 7 nitrogen and oxygen atoms in total. The van der Waals surface area contributed by atoms with E-state index in [9.17, 15) is 4.39 Å². The van der Waals surface area contributed by atoms with E-state index < -0.39 is 5.82 Å². The van der Waals surface area contributed by atoms with Gasteiger partial charge in [0.1, 0.15) is 5.82 Å². The van der Waals surface area contributed by atoms with Crippen molar-refractivity contribution in [1.82, 2.24) is 19.9 Å². The summed E-state index contributed by atoms with van der Waals surface area (Å²) in [7, 11) is 2.11. The number of nitrogens with zero attached hydrogens (tertiary/aromatic N) is 7. The van der Waals surface area contributed by atoms with Crippen LogP contribution in [0.5, 0.6) is 0 Å². The Labute approximate surface area is 159 Å². The van der Waals surface area contributed by atoms with E-state index >= 15 is 0 Å². The molecule has 3 heterocycles. The fourth-order valence-corrected chi connectivity index (χ4v) is 3.92. The van der Waals surface area contributed by atoms with Crippen LogP contribution in [-0.2, 0) is 0 Å². The van der Waals surface area contributed by atoms with Gasteiger partial charge in [0, 0.05) is 45.5 Å². The second-order valence-corrected chi connectivity index (χ2v) is 7.29. The van der Waals surface area contributed by atoms with Crippen molar-refractivity contribution in [2.75, 3.05) is 47.9 Å². The Morgan fingerprint density at radius 3 is 2.33 bits per heavy atom. The maximum atomic E-state index is 13.0. The Balaban J connectivity index is 1.40. The molecular formula is C19H26FN7. The van der Waals surface area contributed by atoms with Crippen LogP contribution in [0.2, 0.25) is 0 Å². The molecule has 27 heavy (non-hydrogen) atoms. The highest BCUT2D eigenvalue weighted by Gasteiger charge is 2.23. The van der Waals surface area contributed by atoms with E-state index in [0.29, 0.717) is 12.0 Å². The second-order valence-electron chi connectivity index (χ2n) is 7.29. The molecule has 2 aromatic heterocycles. The normalized spacial score (nSPS) is 18.6. The van der Waals surface area contributed by atoms with Gasteiger partial charge in [0.15, 0.2) is 5.82 Å². The van der Waals surface area contributed by atoms with Crippen LogP contribution in [0.15, 0.2) is 24.7 Å². The minimum absolute atomic E-state index is 0.409. The summed E-state index contributed by atoms with van der Waals surface area (Å²) in [5, 5.41) is 0. The van der Waals surface area contributed by atoms with Crippen molar-refractivity contribution < 1.29 is 4.39 Å². The maximum Gasteiger partial charge on any atom is 0.227 e. The molecule has 2 aromatic rings. The van der Waals surface area contributed by atoms with Crippen LogP contribution >= 0.6 is 0 Å². The zero-order valence-corrected chi connectivity index (χ0v) is 15.8. The van der Waals surface area contributed by atoms with Crippen LogP contribution in [0, 0.1) is 5.82 Å².